The maximum atomic E-state index is 12.6. The van der Waals surface area contributed by atoms with Crippen LogP contribution >= 0.6 is 11.3 Å². The molecule has 2 heterocycles. The highest BCUT2D eigenvalue weighted by Gasteiger charge is 2.14. The summed E-state index contributed by atoms with van der Waals surface area (Å²) < 4.78 is 1.84. The summed E-state index contributed by atoms with van der Waals surface area (Å²) in [7, 11) is 0. The molecule has 0 N–H and O–H groups in total. The van der Waals surface area contributed by atoms with E-state index in [2.05, 4.69) is 18.8 Å². The number of nitrogens with zero attached hydrogens (tertiary/aromatic N) is 2. The summed E-state index contributed by atoms with van der Waals surface area (Å²) in [4.78, 5) is 19.3. The van der Waals surface area contributed by atoms with Crippen LogP contribution < -0.4 is 5.56 Å². The van der Waals surface area contributed by atoms with Crippen molar-refractivity contribution in [2.45, 2.75) is 59.9 Å². The fraction of sp³-hybridized carbons (Fsp3) is 0.600. The third-order valence-corrected chi connectivity index (χ3v) is 4.82. The SMILES string of the molecule is CCCCCCn1c(C)nc2sc(C)c(C)c2c1=O. The highest BCUT2D eigenvalue weighted by molar-refractivity contribution is 7.18. The van der Waals surface area contributed by atoms with Crippen LogP contribution in [0.5, 0.6) is 0 Å². The van der Waals surface area contributed by atoms with Crippen LogP contribution in [0, 0.1) is 20.8 Å². The lowest BCUT2D eigenvalue weighted by Crippen LogP contribution is -2.23. The molecule has 2 aromatic rings. The summed E-state index contributed by atoms with van der Waals surface area (Å²) in [6.45, 7) is 9.01. The van der Waals surface area contributed by atoms with E-state index in [0.717, 1.165) is 34.6 Å². The fourth-order valence-electron chi connectivity index (χ4n) is 2.39. The molecule has 0 fully saturated rings. The Labute approximate surface area is 118 Å². The van der Waals surface area contributed by atoms with Crippen LogP contribution in [0.2, 0.25) is 0 Å². The zero-order valence-electron chi connectivity index (χ0n) is 12.2. The first-order chi connectivity index (χ1) is 9.06. The van der Waals surface area contributed by atoms with Gasteiger partial charge in [-0.3, -0.25) is 9.36 Å². The van der Waals surface area contributed by atoms with Crippen molar-refractivity contribution in [3.8, 4) is 0 Å². The van der Waals surface area contributed by atoms with Crippen LogP contribution in [0.3, 0.4) is 0 Å². The van der Waals surface area contributed by atoms with Crippen molar-refractivity contribution in [3.05, 3.63) is 26.6 Å². The average Bonchev–Trinajstić information content (AvgIpc) is 2.64. The molecular weight excluding hydrogens is 256 g/mol. The maximum Gasteiger partial charge on any atom is 0.262 e. The van der Waals surface area contributed by atoms with E-state index >= 15 is 0 Å². The van der Waals surface area contributed by atoms with E-state index in [4.69, 9.17) is 0 Å². The van der Waals surface area contributed by atoms with Crippen molar-refractivity contribution in [1.82, 2.24) is 9.55 Å². The van der Waals surface area contributed by atoms with Gasteiger partial charge in [0, 0.05) is 11.4 Å². The number of rotatable bonds is 5. The van der Waals surface area contributed by atoms with Gasteiger partial charge in [-0.05, 0) is 32.8 Å². The minimum atomic E-state index is 0.140. The van der Waals surface area contributed by atoms with Crippen LogP contribution in [0.4, 0.5) is 0 Å². The van der Waals surface area contributed by atoms with E-state index < -0.39 is 0 Å². The molecule has 4 heteroatoms. The standard InChI is InChI=1S/C15H22N2OS/c1-5-6-7-8-9-17-12(4)16-14-13(15(17)18)10(2)11(3)19-14/h5-9H2,1-4H3. The van der Waals surface area contributed by atoms with Crippen molar-refractivity contribution < 1.29 is 0 Å². The van der Waals surface area contributed by atoms with Crippen molar-refractivity contribution in [2.24, 2.45) is 0 Å². The van der Waals surface area contributed by atoms with Gasteiger partial charge in [-0.2, -0.15) is 0 Å². The molecule has 0 saturated heterocycles. The minimum Gasteiger partial charge on any atom is -0.296 e. The Balaban J connectivity index is 2.38. The van der Waals surface area contributed by atoms with Crippen LogP contribution in [0.15, 0.2) is 4.79 Å². The quantitative estimate of drug-likeness (QED) is 0.776. The van der Waals surface area contributed by atoms with Crippen molar-refractivity contribution >= 4 is 21.6 Å². The van der Waals surface area contributed by atoms with Gasteiger partial charge in [-0.1, -0.05) is 26.2 Å². The summed E-state index contributed by atoms with van der Waals surface area (Å²) in [5, 5.41) is 0.823. The smallest absolute Gasteiger partial charge is 0.262 e. The Morgan fingerprint density at radius 3 is 2.58 bits per heavy atom. The largest absolute Gasteiger partial charge is 0.296 e. The molecule has 0 aromatic carbocycles. The van der Waals surface area contributed by atoms with Gasteiger partial charge in [0.25, 0.3) is 5.56 Å². The zero-order chi connectivity index (χ0) is 14.0. The number of unbranched alkanes of at least 4 members (excludes halogenated alkanes) is 3. The lowest BCUT2D eigenvalue weighted by molar-refractivity contribution is 0.556. The summed E-state index contributed by atoms with van der Waals surface area (Å²) in [5.74, 6) is 0.843. The van der Waals surface area contributed by atoms with Crippen molar-refractivity contribution in [2.75, 3.05) is 0 Å². The number of thiophene rings is 1. The van der Waals surface area contributed by atoms with Gasteiger partial charge in [0.05, 0.1) is 5.39 Å². The van der Waals surface area contributed by atoms with Gasteiger partial charge in [-0.25, -0.2) is 4.98 Å². The normalized spacial score (nSPS) is 11.4. The minimum absolute atomic E-state index is 0.140. The zero-order valence-corrected chi connectivity index (χ0v) is 13.1. The summed E-state index contributed by atoms with van der Waals surface area (Å²) in [5.41, 5.74) is 1.24. The van der Waals surface area contributed by atoms with Crippen LogP contribution in [0.25, 0.3) is 10.2 Å². The van der Waals surface area contributed by atoms with E-state index in [-0.39, 0.29) is 5.56 Å². The van der Waals surface area contributed by atoms with E-state index in [1.165, 1.54) is 24.1 Å². The lowest BCUT2D eigenvalue weighted by Gasteiger charge is -2.09. The van der Waals surface area contributed by atoms with Gasteiger partial charge in [0.15, 0.2) is 0 Å². The van der Waals surface area contributed by atoms with Gasteiger partial charge in [0.2, 0.25) is 0 Å². The first-order valence-corrected chi connectivity index (χ1v) is 7.85. The molecule has 104 valence electrons. The molecule has 0 atom stereocenters. The predicted octanol–water partition coefficient (Wildman–Crippen LogP) is 3.96. The summed E-state index contributed by atoms with van der Waals surface area (Å²) in [6, 6.07) is 0. The predicted molar refractivity (Wildman–Crippen MR) is 82.2 cm³/mol. The number of aryl methyl sites for hydroxylation is 3. The molecule has 0 bridgehead atoms. The molecule has 0 aliphatic carbocycles. The number of aromatic nitrogens is 2. The fourth-order valence-corrected chi connectivity index (χ4v) is 3.45. The Hall–Kier alpha value is -1.16. The molecule has 3 nitrogen and oxygen atoms in total. The van der Waals surface area contributed by atoms with E-state index in [1.807, 2.05) is 18.4 Å². The van der Waals surface area contributed by atoms with Gasteiger partial charge >= 0.3 is 0 Å². The Kier molecular flexibility index (Phi) is 4.40. The van der Waals surface area contributed by atoms with E-state index in [0.29, 0.717) is 0 Å². The van der Waals surface area contributed by atoms with Gasteiger partial charge in [0.1, 0.15) is 10.7 Å². The topological polar surface area (TPSA) is 34.9 Å². The molecule has 0 aliphatic rings. The highest BCUT2D eigenvalue weighted by atomic mass is 32.1. The Morgan fingerprint density at radius 2 is 1.89 bits per heavy atom. The summed E-state index contributed by atoms with van der Waals surface area (Å²) >= 11 is 1.62. The second-order valence-corrected chi connectivity index (χ2v) is 6.34. The second-order valence-electron chi connectivity index (χ2n) is 5.14. The highest BCUT2D eigenvalue weighted by Crippen LogP contribution is 2.26. The number of hydrogen-bond donors (Lipinski definition) is 0. The van der Waals surface area contributed by atoms with Crippen molar-refractivity contribution in [3.63, 3.8) is 0 Å². The molecule has 0 amide bonds. The van der Waals surface area contributed by atoms with E-state index in [1.54, 1.807) is 11.3 Å². The average molecular weight is 278 g/mol. The molecule has 0 unspecified atom stereocenters. The van der Waals surface area contributed by atoms with Gasteiger partial charge < -0.3 is 0 Å². The van der Waals surface area contributed by atoms with Crippen molar-refractivity contribution in [1.29, 1.82) is 0 Å². The summed E-state index contributed by atoms with van der Waals surface area (Å²) in [6.07, 6.45) is 4.69. The molecule has 0 saturated carbocycles. The molecular formula is C15H22N2OS. The first-order valence-electron chi connectivity index (χ1n) is 7.03. The Bertz CT molecular complexity index is 640. The van der Waals surface area contributed by atoms with Crippen LogP contribution in [-0.2, 0) is 6.54 Å². The lowest BCUT2D eigenvalue weighted by atomic mass is 10.2. The van der Waals surface area contributed by atoms with Gasteiger partial charge in [-0.15, -0.1) is 11.3 Å². The molecule has 19 heavy (non-hydrogen) atoms. The maximum absolute atomic E-state index is 12.6. The molecule has 0 radical (unpaired) electrons. The monoisotopic (exact) mass is 278 g/mol. The number of hydrogen-bond acceptors (Lipinski definition) is 3. The first kappa shape index (κ1) is 14.3. The molecule has 0 aliphatic heterocycles. The molecule has 0 spiro atoms. The second kappa shape index (κ2) is 5.87. The molecule has 2 aromatic heterocycles. The number of fused-ring (bicyclic) bond motifs is 1. The van der Waals surface area contributed by atoms with Crippen LogP contribution in [-0.4, -0.2) is 9.55 Å². The van der Waals surface area contributed by atoms with E-state index in [9.17, 15) is 4.79 Å². The third kappa shape index (κ3) is 2.73. The third-order valence-electron chi connectivity index (χ3n) is 3.71. The van der Waals surface area contributed by atoms with Crippen LogP contribution in [0.1, 0.15) is 48.9 Å². The molecule has 2 rings (SSSR count). The Morgan fingerprint density at radius 1 is 1.16 bits per heavy atom.